The average molecular weight is 312 g/mol. The van der Waals surface area contributed by atoms with Crippen molar-refractivity contribution in [2.45, 2.75) is 5.03 Å². The number of nitrogens with two attached hydrogens (primary N) is 1. The molecule has 2 rings (SSSR count). The number of nitrogens with zero attached hydrogens (tertiary/aromatic N) is 1. The highest BCUT2D eigenvalue weighted by Gasteiger charge is 2.21. The Hall–Kier alpha value is -2.39. The number of aromatic nitrogens is 1. The molecule has 0 spiro atoms. The summed E-state index contributed by atoms with van der Waals surface area (Å²) in [6.07, 6.45) is 1.32. The molecule has 0 aliphatic rings. The van der Waals surface area contributed by atoms with Crippen LogP contribution in [0.4, 0.5) is 15.8 Å². The summed E-state index contributed by atoms with van der Waals surface area (Å²) in [5.41, 5.74) is 2.47. The van der Waals surface area contributed by atoms with E-state index in [4.69, 9.17) is 10.6 Å². The smallest absolute Gasteiger partial charge is 0.281 e. The van der Waals surface area contributed by atoms with Crippen molar-refractivity contribution in [1.82, 2.24) is 4.98 Å². The molecule has 0 fully saturated rings. The summed E-state index contributed by atoms with van der Waals surface area (Å²) in [6.45, 7) is 0. The molecule has 0 radical (unpaired) electrons. The Bertz CT molecular complexity index is 752. The zero-order valence-electron chi connectivity index (χ0n) is 11.0. The Morgan fingerprint density at radius 1 is 1.29 bits per heavy atom. The van der Waals surface area contributed by atoms with Crippen LogP contribution in [0, 0.1) is 5.82 Å². The van der Waals surface area contributed by atoms with Gasteiger partial charge >= 0.3 is 0 Å². The molecule has 0 atom stereocenters. The van der Waals surface area contributed by atoms with Crippen LogP contribution in [0.15, 0.2) is 41.6 Å². The van der Waals surface area contributed by atoms with Crippen molar-refractivity contribution in [2.24, 2.45) is 5.84 Å². The number of hydrazine groups is 1. The number of pyridine rings is 1. The van der Waals surface area contributed by atoms with E-state index in [1.807, 2.05) is 0 Å². The van der Waals surface area contributed by atoms with Gasteiger partial charge in [-0.25, -0.2) is 9.37 Å². The van der Waals surface area contributed by atoms with Gasteiger partial charge in [0.2, 0.25) is 5.03 Å². The Morgan fingerprint density at radius 2 is 2.05 bits per heavy atom. The van der Waals surface area contributed by atoms with Gasteiger partial charge in [-0.1, -0.05) is 0 Å². The highest BCUT2D eigenvalue weighted by molar-refractivity contribution is 7.92. The second-order valence-corrected chi connectivity index (χ2v) is 5.55. The SMILES string of the molecule is COc1cc(F)ccc1NS(=O)(=O)c1ncccc1NN. The molecule has 0 aliphatic heterocycles. The van der Waals surface area contributed by atoms with Gasteiger partial charge in [0.1, 0.15) is 11.6 Å². The lowest BCUT2D eigenvalue weighted by atomic mass is 10.3. The van der Waals surface area contributed by atoms with Crippen molar-refractivity contribution in [3.05, 3.63) is 42.3 Å². The summed E-state index contributed by atoms with van der Waals surface area (Å²) in [4.78, 5) is 3.78. The first-order valence-corrected chi connectivity index (χ1v) is 7.24. The number of sulfonamides is 1. The van der Waals surface area contributed by atoms with Gasteiger partial charge in [-0.2, -0.15) is 8.42 Å². The molecule has 1 heterocycles. The van der Waals surface area contributed by atoms with Crippen molar-refractivity contribution in [3.8, 4) is 5.75 Å². The molecule has 2 aromatic rings. The number of nitrogen functional groups attached to an aromatic ring is 1. The molecule has 0 unspecified atom stereocenters. The second kappa shape index (κ2) is 5.94. The van der Waals surface area contributed by atoms with Crippen LogP contribution in [-0.2, 0) is 10.0 Å². The number of benzene rings is 1. The standard InChI is InChI=1S/C12H13FN4O3S/c1-20-11-7-8(13)4-5-9(11)17-21(18,19)12-10(16-14)3-2-6-15-12/h2-7,16-17H,14H2,1H3. The summed E-state index contributed by atoms with van der Waals surface area (Å²) in [5.74, 6) is 4.77. The monoisotopic (exact) mass is 312 g/mol. The van der Waals surface area contributed by atoms with E-state index >= 15 is 0 Å². The van der Waals surface area contributed by atoms with Crippen LogP contribution >= 0.6 is 0 Å². The molecule has 1 aromatic carbocycles. The van der Waals surface area contributed by atoms with E-state index in [1.54, 1.807) is 0 Å². The van der Waals surface area contributed by atoms with Crippen LogP contribution < -0.4 is 20.7 Å². The zero-order chi connectivity index (χ0) is 15.5. The lowest BCUT2D eigenvalue weighted by molar-refractivity contribution is 0.413. The maximum absolute atomic E-state index is 13.1. The molecule has 1 aromatic heterocycles. The van der Waals surface area contributed by atoms with Crippen LogP contribution in [0.2, 0.25) is 0 Å². The molecule has 4 N–H and O–H groups in total. The van der Waals surface area contributed by atoms with Gasteiger partial charge in [0.05, 0.1) is 18.5 Å². The van der Waals surface area contributed by atoms with Crippen molar-refractivity contribution >= 4 is 21.4 Å². The number of methoxy groups -OCH3 is 1. The van der Waals surface area contributed by atoms with E-state index in [0.29, 0.717) is 0 Å². The minimum Gasteiger partial charge on any atom is -0.494 e. The van der Waals surface area contributed by atoms with Crippen molar-refractivity contribution < 1.29 is 17.5 Å². The van der Waals surface area contributed by atoms with Crippen LogP contribution in [-0.4, -0.2) is 20.5 Å². The number of hydrogen-bond acceptors (Lipinski definition) is 6. The van der Waals surface area contributed by atoms with Gasteiger partial charge in [0, 0.05) is 12.3 Å². The summed E-state index contributed by atoms with van der Waals surface area (Å²) in [7, 11) is -2.70. The van der Waals surface area contributed by atoms with Crippen molar-refractivity contribution in [2.75, 3.05) is 17.3 Å². The van der Waals surface area contributed by atoms with Gasteiger partial charge in [-0.05, 0) is 24.3 Å². The lowest BCUT2D eigenvalue weighted by Gasteiger charge is -2.13. The first-order chi connectivity index (χ1) is 9.97. The molecule has 0 bridgehead atoms. The first-order valence-electron chi connectivity index (χ1n) is 5.76. The first kappa shape index (κ1) is 15.0. The number of nitrogens with one attached hydrogen (secondary N) is 2. The molecule has 0 saturated carbocycles. The number of hydrogen-bond donors (Lipinski definition) is 3. The quantitative estimate of drug-likeness (QED) is 0.568. The Labute approximate surface area is 121 Å². The van der Waals surface area contributed by atoms with E-state index in [-0.39, 0.29) is 22.2 Å². The molecule has 0 aliphatic carbocycles. The molecular weight excluding hydrogens is 299 g/mol. The third-order valence-corrected chi connectivity index (χ3v) is 3.91. The maximum atomic E-state index is 13.1. The predicted molar refractivity (Wildman–Crippen MR) is 75.8 cm³/mol. The fraction of sp³-hybridized carbons (Fsp3) is 0.0833. The molecular formula is C12H13FN4O3S. The van der Waals surface area contributed by atoms with E-state index in [1.165, 1.54) is 31.5 Å². The van der Waals surface area contributed by atoms with Crippen molar-refractivity contribution in [3.63, 3.8) is 0 Å². The highest BCUT2D eigenvalue weighted by Crippen LogP contribution is 2.28. The molecule has 0 saturated heterocycles. The van der Waals surface area contributed by atoms with Crippen LogP contribution in [0.5, 0.6) is 5.75 Å². The lowest BCUT2D eigenvalue weighted by Crippen LogP contribution is -2.19. The number of halogens is 1. The minimum absolute atomic E-state index is 0.0526. The van der Waals surface area contributed by atoms with Crippen molar-refractivity contribution in [1.29, 1.82) is 0 Å². The van der Waals surface area contributed by atoms with Gasteiger partial charge in [-0.3, -0.25) is 10.6 Å². The molecule has 9 heteroatoms. The average Bonchev–Trinajstić information content (AvgIpc) is 2.48. The van der Waals surface area contributed by atoms with Gasteiger partial charge in [-0.15, -0.1) is 0 Å². The van der Waals surface area contributed by atoms with E-state index < -0.39 is 15.8 Å². The third kappa shape index (κ3) is 3.20. The van der Waals surface area contributed by atoms with E-state index in [0.717, 1.165) is 12.1 Å². The molecule has 112 valence electrons. The summed E-state index contributed by atoms with van der Waals surface area (Å²) >= 11 is 0. The van der Waals surface area contributed by atoms with Crippen LogP contribution in [0.25, 0.3) is 0 Å². The summed E-state index contributed by atoms with van der Waals surface area (Å²) in [5, 5.41) is -0.279. The third-order valence-electron chi connectivity index (χ3n) is 2.59. The fourth-order valence-electron chi connectivity index (χ4n) is 1.66. The summed E-state index contributed by atoms with van der Waals surface area (Å²) in [6, 6.07) is 6.43. The van der Waals surface area contributed by atoms with Crippen LogP contribution in [0.1, 0.15) is 0 Å². The van der Waals surface area contributed by atoms with Crippen LogP contribution in [0.3, 0.4) is 0 Å². The number of anilines is 2. The van der Waals surface area contributed by atoms with E-state index in [9.17, 15) is 12.8 Å². The van der Waals surface area contributed by atoms with Gasteiger partial charge < -0.3 is 10.2 Å². The van der Waals surface area contributed by atoms with Gasteiger partial charge in [0.25, 0.3) is 10.0 Å². The minimum atomic E-state index is -4.01. The highest BCUT2D eigenvalue weighted by atomic mass is 32.2. The maximum Gasteiger partial charge on any atom is 0.281 e. The largest absolute Gasteiger partial charge is 0.494 e. The zero-order valence-corrected chi connectivity index (χ0v) is 11.8. The Kier molecular flexibility index (Phi) is 4.24. The number of ether oxygens (including phenoxy) is 1. The normalized spacial score (nSPS) is 11.0. The predicted octanol–water partition coefficient (Wildman–Crippen LogP) is 1.32. The number of rotatable bonds is 5. The summed E-state index contributed by atoms with van der Waals surface area (Å²) < 4.78 is 45.0. The topological polar surface area (TPSA) is 106 Å². The molecule has 0 amide bonds. The molecule has 21 heavy (non-hydrogen) atoms. The fourth-order valence-corrected chi connectivity index (χ4v) is 2.83. The Balaban J connectivity index is 2.42. The van der Waals surface area contributed by atoms with E-state index in [2.05, 4.69) is 15.1 Å². The second-order valence-electron chi connectivity index (χ2n) is 3.95. The molecule has 7 nitrogen and oxygen atoms in total. The van der Waals surface area contributed by atoms with Gasteiger partial charge in [0.15, 0.2) is 0 Å². The Morgan fingerprint density at radius 3 is 2.71 bits per heavy atom.